The van der Waals surface area contributed by atoms with Gasteiger partial charge in [0.25, 0.3) is 0 Å². The SMILES string of the molecule is CN(C)CCn1ncc(Br)c1C1(O)CC(N)C1. The summed E-state index contributed by atoms with van der Waals surface area (Å²) in [5, 5.41) is 14.8. The van der Waals surface area contributed by atoms with Crippen molar-refractivity contribution in [3.63, 3.8) is 0 Å². The van der Waals surface area contributed by atoms with Crippen LogP contribution in [0.1, 0.15) is 18.5 Å². The number of aliphatic hydroxyl groups is 1. The molecule has 96 valence electrons. The molecule has 0 radical (unpaired) electrons. The van der Waals surface area contributed by atoms with Gasteiger partial charge in [0, 0.05) is 12.6 Å². The predicted octanol–water partition coefficient (Wildman–Crippen LogP) is 0.516. The summed E-state index contributed by atoms with van der Waals surface area (Å²) in [6, 6.07) is 0.101. The van der Waals surface area contributed by atoms with E-state index in [2.05, 4.69) is 25.9 Å². The van der Waals surface area contributed by atoms with Gasteiger partial charge < -0.3 is 15.7 Å². The molecular weight excluding hydrogens is 284 g/mol. The number of halogens is 1. The summed E-state index contributed by atoms with van der Waals surface area (Å²) in [6.45, 7) is 1.66. The highest BCUT2D eigenvalue weighted by atomic mass is 79.9. The van der Waals surface area contributed by atoms with Crippen LogP contribution in [-0.4, -0.2) is 46.5 Å². The van der Waals surface area contributed by atoms with Crippen LogP contribution in [0.4, 0.5) is 0 Å². The van der Waals surface area contributed by atoms with E-state index >= 15 is 0 Å². The average molecular weight is 303 g/mol. The van der Waals surface area contributed by atoms with E-state index in [-0.39, 0.29) is 6.04 Å². The molecule has 0 saturated heterocycles. The molecule has 0 aliphatic heterocycles. The molecule has 0 amide bonds. The van der Waals surface area contributed by atoms with E-state index in [1.54, 1.807) is 6.20 Å². The van der Waals surface area contributed by atoms with Crippen LogP contribution >= 0.6 is 15.9 Å². The molecular formula is C11H19BrN4O. The van der Waals surface area contributed by atoms with Crippen molar-refractivity contribution in [1.29, 1.82) is 0 Å². The number of hydrogen-bond acceptors (Lipinski definition) is 4. The number of likely N-dealkylation sites (N-methyl/N-ethyl adjacent to an activating group) is 1. The lowest BCUT2D eigenvalue weighted by molar-refractivity contribution is -0.0602. The maximum atomic E-state index is 10.5. The fourth-order valence-corrected chi connectivity index (χ4v) is 2.96. The third-order valence-electron chi connectivity index (χ3n) is 3.19. The van der Waals surface area contributed by atoms with Gasteiger partial charge in [0.05, 0.1) is 22.9 Å². The van der Waals surface area contributed by atoms with Crippen molar-refractivity contribution in [1.82, 2.24) is 14.7 Å². The quantitative estimate of drug-likeness (QED) is 0.851. The molecule has 0 atom stereocenters. The number of aromatic nitrogens is 2. The molecule has 17 heavy (non-hydrogen) atoms. The zero-order valence-electron chi connectivity index (χ0n) is 10.2. The maximum Gasteiger partial charge on any atom is 0.110 e. The standard InChI is InChI=1S/C11H19BrN4O/c1-15(2)3-4-16-10(9(12)7-14-16)11(17)5-8(13)6-11/h7-8,17H,3-6,13H2,1-2H3. The highest BCUT2D eigenvalue weighted by molar-refractivity contribution is 9.10. The normalized spacial score (nSPS) is 28.5. The molecule has 6 heteroatoms. The number of nitrogens with zero attached hydrogens (tertiary/aromatic N) is 3. The molecule has 0 aromatic carbocycles. The van der Waals surface area contributed by atoms with E-state index < -0.39 is 5.60 Å². The topological polar surface area (TPSA) is 67.3 Å². The molecule has 1 aliphatic rings. The van der Waals surface area contributed by atoms with E-state index in [1.807, 2.05) is 18.8 Å². The summed E-state index contributed by atoms with van der Waals surface area (Å²) in [6.07, 6.45) is 2.96. The monoisotopic (exact) mass is 302 g/mol. The Hall–Kier alpha value is -0.430. The largest absolute Gasteiger partial charge is 0.383 e. The van der Waals surface area contributed by atoms with Crippen molar-refractivity contribution in [2.75, 3.05) is 20.6 Å². The molecule has 3 N–H and O–H groups in total. The smallest absolute Gasteiger partial charge is 0.110 e. The van der Waals surface area contributed by atoms with Gasteiger partial charge in [-0.1, -0.05) is 0 Å². The molecule has 5 nitrogen and oxygen atoms in total. The molecule has 1 aromatic rings. The summed E-state index contributed by atoms with van der Waals surface area (Å²) in [5.74, 6) is 0. The summed E-state index contributed by atoms with van der Waals surface area (Å²) in [4.78, 5) is 2.09. The second kappa shape index (κ2) is 4.68. The van der Waals surface area contributed by atoms with Crippen LogP contribution in [0.25, 0.3) is 0 Å². The van der Waals surface area contributed by atoms with Crippen LogP contribution in [0.15, 0.2) is 10.7 Å². The van der Waals surface area contributed by atoms with Crippen molar-refractivity contribution >= 4 is 15.9 Å². The molecule has 0 spiro atoms. The third kappa shape index (κ3) is 2.54. The van der Waals surface area contributed by atoms with Crippen LogP contribution in [0.2, 0.25) is 0 Å². The van der Waals surface area contributed by atoms with Gasteiger partial charge in [0.15, 0.2) is 0 Å². The Labute approximate surface area is 110 Å². The Balaban J connectivity index is 2.18. The van der Waals surface area contributed by atoms with E-state index in [1.165, 1.54) is 0 Å². The highest BCUT2D eigenvalue weighted by Gasteiger charge is 2.45. The van der Waals surface area contributed by atoms with Crippen molar-refractivity contribution in [3.8, 4) is 0 Å². The summed E-state index contributed by atoms with van der Waals surface area (Å²) >= 11 is 3.46. The lowest BCUT2D eigenvalue weighted by Crippen LogP contribution is -2.50. The van der Waals surface area contributed by atoms with Crippen LogP contribution in [0.3, 0.4) is 0 Å². The Morgan fingerprint density at radius 1 is 1.65 bits per heavy atom. The molecule has 0 unspecified atom stereocenters. The summed E-state index contributed by atoms with van der Waals surface area (Å²) in [5.41, 5.74) is 5.83. The van der Waals surface area contributed by atoms with Crippen molar-refractivity contribution in [3.05, 3.63) is 16.4 Å². The molecule has 0 bridgehead atoms. The minimum Gasteiger partial charge on any atom is -0.383 e. The lowest BCUT2D eigenvalue weighted by atomic mass is 9.74. The second-order valence-corrected chi connectivity index (χ2v) is 5.92. The molecule has 1 saturated carbocycles. The van der Waals surface area contributed by atoms with Gasteiger partial charge in [-0.3, -0.25) is 4.68 Å². The van der Waals surface area contributed by atoms with Crippen molar-refractivity contribution < 1.29 is 5.11 Å². The first-order valence-electron chi connectivity index (χ1n) is 5.77. The van der Waals surface area contributed by atoms with E-state index in [0.29, 0.717) is 12.8 Å². The molecule has 1 aromatic heterocycles. The van der Waals surface area contributed by atoms with Crippen molar-refractivity contribution in [2.24, 2.45) is 5.73 Å². The first-order valence-corrected chi connectivity index (χ1v) is 6.56. The Morgan fingerprint density at radius 2 is 2.29 bits per heavy atom. The average Bonchev–Trinajstić information content (AvgIpc) is 2.55. The second-order valence-electron chi connectivity index (χ2n) is 5.07. The highest BCUT2D eigenvalue weighted by Crippen LogP contribution is 2.43. The number of rotatable bonds is 4. The van der Waals surface area contributed by atoms with Gasteiger partial charge in [-0.05, 0) is 42.9 Å². The third-order valence-corrected chi connectivity index (χ3v) is 3.77. The van der Waals surface area contributed by atoms with E-state index in [4.69, 9.17) is 5.73 Å². The van der Waals surface area contributed by atoms with Gasteiger partial charge in [-0.25, -0.2) is 0 Å². The first-order chi connectivity index (χ1) is 7.92. The van der Waals surface area contributed by atoms with Crippen LogP contribution in [0, 0.1) is 0 Å². The minimum absolute atomic E-state index is 0.101. The molecule has 2 rings (SSSR count). The van der Waals surface area contributed by atoms with Gasteiger partial charge in [-0.15, -0.1) is 0 Å². The van der Waals surface area contributed by atoms with Crippen LogP contribution < -0.4 is 5.73 Å². The van der Waals surface area contributed by atoms with E-state index in [0.717, 1.165) is 23.3 Å². The number of hydrogen-bond donors (Lipinski definition) is 2. The minimum atomic E-state index is -0.805. The van der Waals surface area contributed by atoms with Gasteiger partial charge in [0.2, 0.25) is 0 Å². The van der Waals surface area contributed by atoms with Crippen LogP contribution in [-0.2, 0) is 12.1 Å². The first kappa shape index (κ1) is 13.0. The zero-order valence-corrected chi connectivity index (χ0v) is 11.8. The van der Waals surface area contributed by atoms with Crippen LogP contribution in [0.5, 0.6) is 0 Å². The fourth-order valence-electron chi connectivity index (χ4n) is 2.29. The van der Waals surface area contributed by atoms with Gasteiger partial charge in [-0.2, -0.15) is 5.10 Å². The molecule has 1 fully saturated rings. The molecule has 1 aliphatic carbocycles. The predicted molar refractivity (Wildman–Crippen MR) is 69.6 cm³/mol. The van der Waals surface area contributed by atoms with Crippen molar-refractivity contribution in [2.45, 2.75) is 31.0 Å². The van der Waals surface area contributed by atoms with Gasteiger partial charge in [0.1, 0.15) is 5.60 Å². The zero-order chi connectivity index (χ0) is 12.6. The van der Waals surface area contributed by atoms with Gasteiger partial charge >= 0.3 is 0 Å². The van der Waals surface area contributed by atoms with E-state index in [9.17, 15) is 5.11 Å². The number of nitrogens with two attached hydrogens (primary N) is 1. The maximum absolute atomic E-state index is 10.5. The summed E-state index contributed by atoms with van der Waals surface area (Å²) in [7, 11) is 4.04. The fraction of sp³-hybridized carbons (Fsp3) is 0.727. The lowest BCUT2D eigenvalue weighted by Gasteiger charge is -2.42. The summed E-state index contributed by atoms with van der Waals surface area (Å²) < 4.78 is 2.74. The Bertz CT molecular complexity index is 398. The Morgan fingerprint density at radius 3 is 2.82 bits per heavy atom. The Kier molecular flexibility index (Phi) is 3.58. The molecule has 1 heterocycles.